The van der Waals surface area contributed by atoms with Crippen LogP contribution in [0.4, 0.5) is 5.69 Å². The molecule has 1 N–H and O–H groups in total. The van der Waals surface area contributed by atoms with E-state index in [1.807, 2.05) is 84.9 Å². The van der Waals surface area contributed by atoms with Crippen LogP contribution in [0.25, 0.3) is 11.1 Å². The van der Waals surface area contributed by atoms with Gasteiger partial charge in [0.15, 0.2) is 11.4 Å². The predicted molar refractivity (Wildman–Crippen MR) is 141 cm³/mol. The van der Waals surface area contributed by atoms with E-state index >= 15 is 0 Å². The maximum Gasteiger partial charge on any atom is 0.264 e. The van der Waals surface area contributed by atoms with Gasteiger partial charge in [0.1, 0.15) is 0 Å². The Kier molecular flexibility index (Phi) is 6.37. The van der Waals surface area contributed by atoms with E-state index in [-0.39, 0.29) is 12.2 Å². The van der Waals surface area contributed by atoms with Crippen molar-refractivity contribution in [3.63, 3.8) is 0 Å². The summed E-state index contributed by atoms with van der Waals surface area (Å²) in [6.45, 7) is 0.416. The number of nitrogens with zero attached hydrogens (tertiary/aromatic N) is 1. The third kappa shape index (κ3) is 4.57. The first kappa shape index (κ1) is 23.2. The van der Waals surface area contributed by atoms with Crippen molar-refractivity contribution in [2.24, 2.45) is 0 Å². The number of halogens is 1. The zero-order chi connectivity index (χ0) is 24.4. The fraction of sp³-hybridized carbons (Fsp3) is 0.133. The molecule has 0 bridgehead atoms. The summed E-state index contributed by atoms with van der Waals surface area (Å²) in [6.07, 6.45) is 0.328. The number of amides is 1. The normalized spacial score (nSPS) is 16.9. The first-order valence-electron chi connectivity index (χ1n) is 11.5. The maximum absolute atomic E-state index is 13.5. The van der Waals surface area contributed by atoms with Crippen molar-refractivity contribution in [1.82, 2.24) is 0 Å². The molecule has 4 aromatic rings. The number of ketones is 1. The Balaban J connectivity index is 1.40. The molecule has 4 nitrogen and oxygen atoms in total. The summed E-state index contributed by atoms with van der Waals surface area (Å²) in [7, 11) is 0. The van der Waals surface area contributed by atoms with Gasteiger partial charge in [0.05, 0.1) is 12.1 Å². The molecular weight excluding hydrogens is 502 g/mol. The lowest BCUT2D eigenvalue weighted by Crippen LogP contribution is -2.42. The fourth-order valence-corrected chi connectivity index (χ4v) is 4.98. The first-order valence-corrected chi connectivity index (χ1v) is 12.3. The number of carbonyl (C=O) groups excluding carboxylic acids is 2. The highest BCUT2D eigenvalue weighted by atomic mass is 79.9. The van der Waals surface area contributed by atoms with Gasteiger partial charge in [-0.25, -0.2) is 0 Å². The van der Waals surface area contributed by atoms with Crippen molar-refractivity contribution in [3.8, 4) is 11.1 Å². The number of hydrogen-bond acceptors (Lipinski definition) is 3. The molecule has 5 heteroatoms. The number of benzene rings is 4. The zero-order valence-electron chi connectivity index (χ0n) is 19.0. The van der Waals surface area contributed by atoms with Crippen LogP contribution in [-0.2, 0) is 16.8 Å². The average molecular weight is 526 g/mol. The largest absolute Gasteiger partial charge is 0.375 e. The zero-order valence-corrected chi connectivity index (χ0v) is 20.6. The summed E-state index contributed by atoms with van der Waals surface area (Å²) < 4.78 is 0.743. The van der Waals surface area contributed by atoms with E-state index in [0.29, 0.717) is 29.8 Å². The lowest BCUT2D eigenvalue weighted by atomic mass is 9.88. The average Bonchev–Trinajstić information content (AvgIpc) is 3.09. The lowest BCUT2D eigenvalue weighted by molar-refractivity contribution is -0.135. The number of hydrogen-bond donors (Lipinski definition) is 1. The van der Waals surface area contributed by atoms with Crippen LogP contribution in [0, 0.1) is 0 Å². The molecule has 35 heavy (non-hydrogen) atoms. The molecule has 1 heterocycles. The van der Waals surface area contributed by atoms with Gasteiger partial charge < -0.3 is 10.0 Å². The van der Waals surface area contributed by atoms with Crippen molar-refractivity contribution in [2.75, 3.05) is 11.4 Å². The molecule has 0 fully saturated rings. The SMILES string of the molecule is O=C(C[C@@]1(O)C(=O)N(CCc2ccccc2)c2ccc(Br)cc21)c1ccc(-c2ccccc2)cc1. The summed E-state index contributed by atoms with van der Waals surface area (Å²) >= 11 is 3.45. The van der Waals surface area contributed by atoms with Crippen LogP contribution in [0.5, 0.6) is 0 Å². The molecule has 1 aliphatic heterocycles. The van der Waals surface area contributed by atoms with Gasteiger partial charge in [0.25, 0.3) is 5.91 Å². The van der Waals surface area contributed by atoms with Gasteiger partial charge in [-0.1, -0.05) is 101 Å². The summed E-state index contributed by atoms with van der Waals surface area (Å²) in [6, 6.07) is 32.5. The highest BCUT2D eigenvalue weighted by Gasteiger charge is 2.50. The van der Waals surface area contributed by atoms with Crippen molar-refractivity contribution < 1.29 is 14.7 Å². The molecule has 1 atom stereocenters. The monoisotopic (exact) mass is 525 g/mol. The third-order valence-corrected chi connectivity index (χ3v) is 6.98. The van der Waals surface area contributed by atoms with Gasteiger partial charge in [-0.2, -0.15) is 0 Å². The smallest absolute Gasteiger partial charge is 0.264 e. The molecule has 174 valence electrons. The molecule has 0 unspecified atom stereocenters. The van der Waals surface area contributed by atoms with Crippen LogP contribution in [0.3, 0.4) is 0 Å². The molecule has 0 radical (unpaired) electrons. The second-order valence-electron chi connectivity index (χ2n) is 8.76. The summed E-state index contributed by atoms with van der Waals surface area (Å²) in [5.74, 6) is -0.743. The van der Waals surface area contributed by atoms with Crippen molar-refractivity contribution in [2.45, 2.75) is 18.4 Å². The third-order valence-electron chi connectivity index (χ3n) is 6.49. The van der Waals surface area contributed by atoms with Gasteiger partial charge in [0.2, 0.25) is 0 Å². The molecule has 1 amide bonds. The molecule has 0 spiro atoms. The number of Topliss-reactive ketones (excluding diaryl/α,β-unsaturated/α-hetero) is 1. The van der Waals surface area contributed by atoms with Gasteiger partial charge >= 0.3 is 0 Å². The van der Waals surface area contributed by atoms with E-state index in [1.165, 1.54) is 0 Å². The minimum atomic E-state index is -1.91. The molecule has 4 aromatic carbocycles. The Morgan fingerprint density at radius 3 is 2.14 bits per heavy atom. The second-order valence-corrected chi connectivity index (χ2v) is 9.67. The second kappa shape index (κ2) is 9.61. The van der Waals surface area contributed by atoms with E-state index in [0.717, 1.165) is 21.2 Å². The van der Waals surface area contributed by atoms with Crippen LogP contribution >= 0.6 is 15.9 Å². The van der Waals surface area contributed by atoms with Crippen LogP contribution in [0.15, 0.2) is 108 Å². The van der Waals surface area contributed by atoms with Gasteiger partial charge in [0, 0.05) is 22.1 Å². The van der Waals surface area contributed by atoms with Crippen molar-refractivity contribution in [3.05, 3.63) is 124 Å². The summed E-state index contributed by atoms with van der Waals surface area (Å²) in [5.41, 5.74) is 2.81. The van der Waals surface area contributed by atoms with Gasteiger partial charge in [-0.15, -0.1) is 0 Å². The number of fused-ring (bicyclic) bond motifs is 1. The molecule has 0 aromatic heterocycles. The molecule has 0 saturated heterocycles. The topological polar surface area (TPSA) is 57.6 Å². The Hall–Kier alpha value is -3.54. The van der Waals surface area contributed by atoms with Gasteiger partial charge in [-0.3, -0.25) is 9.59 Å². The highest BCUT2D eigenvalue weighted by molar-refractivity contribution is 9.10. The number of anilines is 1. The highest BCUT2D eigenvalue weighted by Crippen LogP contribution is 2.44. The minimum absolute atomic E-state index is 0.281. The van der Waals surface area contributed by atoms with Crippen molar-refractivity contribution >= 4 is 33.3 Å². The fourth-order valence-electron chi connectivity index (χ4n) is 4.61. The van der Waals surface area contributed by atoms with E-state index in [2.05, 4.69) is 15.9 Å². The number of aliphatic hydroxyl groups is 1. The maximum atomic E-state index is 13.5. The van der Waals surface area contributed by atoms with E-state index in [1.54, 1.807) is 23.1 Å². The molecule has 0 saturated carbocycles. The number of carbonyl (C=O) groups is 2. The summed E-state index contributed by atoms with van der Waals surface area (Å²) in [4.78, 5) is 28.4. The first-order chi connectivity index (χ1) is 17.0. The van der Waals surface area contributed by atoms with Crippen LogP contribution in [-0.4, -0.2) is 23.3 Å². The van der Waals surface area contributed by atoms with E-state index in [4.69, 9.17) is 0 Å². The van der Waals surface area contributed by atoms with Crippen LogP contribution in [0.1, 0.15) is 27.9 Å². The standard InChI is InChI=1S/C30H24BrNO3/c31-25-15-16-27-26(19-25)30(35,29(34)32(27)18-17-21-7-3-1-4-8-21)20-28(33)24-13-11-23(12-14-24)22-9-5-2-6-10-22/h1-16,19,35H,17-18,20H2/t30-/m0/s1. The van der Waals surface area contributed by atoms with E-state index in [9.17, 15) is 14.7 Å². The molecule has 1 aliphatic rings. The molecule has 0 aliphatic carbocycles. The Bertz CT molecular complexity index is 1370. The molecular formula is C30H24BrNO3. The molecule has 5 rings (SSSR count). The van der Waals surface area contributed by atoms with E-state index < -0.39 is 11.5 Å². The number of rotatable bonds is 7. The lowest BCUT2D eigenvalue weighted by Gasteiger charge is -2.23. The Labute approximate surface area is 213 Å². The predicted octanol–water partition coefficient (Wildman–Crippen LogP) is 6.17. The minimum Gasteiger partial charge on any atom is -0.375 e. The Morgan fingerprint density at radius 1 is 0.829 bits per heavy atom. The van der Waals surface area contributed by atoms with Crippen LogP contribution in [0.2, 0.25) is 0 Å². The van der Waals surface area contributed by atoms with Gasteiger partial charge in [-0.05, 0) is 41.3 Å². The van der Waals surface area contributed by atoms with Crippen molar-refractivity contribution in [1.29, 1.82) is 0 Å². The Morgan fingerprint density at radius 2 is 1.46 bits per heavy atom. The summed E-state index contributed by atoms with van der Waals surface area (Å²) in [5, 5.41) is 11.6. The van der Waals surface area contributed by atoms with Crippen LogP contribution < -0.4 is 4.90 Å². The quantitative estimate of drug-likeness (QED) is 0.293.